The Morgan fingerprint density at radius 1 is 0.613 bits per heavy atom. The second-order valence-corrected chi connectivity index (χ2v) is 8.05. The molecule has 0 saturated carbocycles. The molecule has 0 aromatic carbocycles. The summed E-state index contributed by atoms with van der Waals surface area (Å²) in [5, 5.41) is 0. The second kappa shape index (κ2) is 10.9. The van der Waals surface area contributed by atoms with Gasteiger partial charge in [-0.3, -0.25) is 0 Å². The summed E-state index contributed by atoms with van der Waals surface area (Å²) in [4.78, 5) is 23.4. The molecule has 0 N–H and O–H groups in total. The molecule has 0 bridgehead atoms. The van der Waals surface area contributed by atoms with Crippen LogP contribution < -0.4 is 0 Å². The molecule has 3 rings (SSSR count). The fourth-order valence-corrected chi connectivity index (χ4v) is 4.55. The predicted molar refractivity (Wildman–Crippen MR) is 114 cm³/mol. The van der Waals surface area contributed by atoms with E-state index in [9.17, 15) is 9.59 Å². The van der Waals surface area contributed by atoms with Crippen LogP contribution in [0.3, 0.4) is 0 Å². The number of hydrogen-bond acceptors (Lipinski definition) is 7. The number of fused-ring (bicyclic) bond motifs is 2. The van der Waals surface area contributed by atoms with Crippen molar-refractivity contribution in [1.29, 1.82) is 0 Å². The fourth-order valence-electron chi connectivity index (χ4n) is 4.55. The van der Waals surface area contributed by atoms with Gasteiger partial charge in [-0.05, 0) is 38.5 Å². The average Bonchev–Trinajstić information content (AvgIpc) is 3.12. The zero-order valence-corrected chi connectivity index (χ0v) is 17.9. The van der Waals surface area contributed by atoms with Gasteiger partial charge in [0.15, 0.2) is 0 Å². The number of hydrogen-bond donors (Lipinski definition) is 0. The molecule has 3 aliphatic rings. The first kappa shape index (κ1) is 23.4. The minimum absolute atomic E-state index is 0.150. The van der Waals surface area contributed by atoms with Crippen LogP contribution in [0, 0.1) is 0 Å². The SMILES string of the molecule is C=CC(=O)O[C@H]1CC[C@H]2O[C@H]3CC[C@@H](OC(=O)C=C)[C@H](C=C)O[C@@H]3CC[C@@H]2O[C@@H]1C=C. The van der Waals surface area contributed by atoms with Crippen LogP contribution in [0.15, 0.2) is 50.6 Å². The van der Waals surface area contributed by atoms with Crippen molar-refractivity contribution in [2.45, 2.75) is 87.4 Å². The van der Waals surface area contributed by atoms with Crippen LogP contribution in [0.2, 0.25) is 0 Å². The van der Waals surface area contributed by atoms with Crippen LogP contribution in [0.5, 0.6) is 0 Å². The summed E-state index contributed by atoms with van der Waals surface area (Å²) >= 11 is 0. The molecule has 7 nitrogen and oxygen atoms in total. The molecule has 8 atom stereocenters. The van der Waals surface area contributed by atoms with E-state index in [2.05, 4.69) is 26.3 Å². The van der Waals surface area contributed by atoms with Crippen molar-refractivity contribution in [1.82, 2.24) is 0 Å². The van der Waals surface area contributed by atoms with Gasteiger partial charge in [0.25, 0.3) is 0 Å². The summed E-state index contributed by atoms with van der Waals surface area (Å²) < 4.78 is 30.0. The molecule has 0 unspecified atom stereocenters. The Labute approximate surface area is 183 Å². The van der Waals surface area contributed by atoms with E-state index < -0.39 is 36.4 Å². The van der Waals surface area contributed by atoms with Crippen molar-refractivity contribution >= 4 is 11.9 Å². The van der Waals surface area contributed by atoms with Crippen LogP contribution in [-0.2, 0) is 33.3 Å². The van der Waals surface area contributed by atoms with Gasteiger partial charge in [-0.15, -0.1) is 13.2 Å². The molecule has 0 amide bonds. The summed E-state index contributed by atoms with van der Waals surface area (Å²) in [5.74, 6) is -0.951. The first-order valence-electron chi connectivity index (χ1n) is 10.9. The Balaban J connectivity index is 1.70. The van der Waals surface area contributed by atoms with Gasteiger partial charge in [-0.2, -0.15) is 0 Å². The highest BCUT2D eigenvalue weighted by Crippen LogP contribution is 2.36. The van der Waals surface area contributed by atoms with Crippen molar-refractivity contribution in [3.8, 4) is 0 Å². The maximum atomic E-state index is 11.7. The van der Waals surface area contributed by atoms with E-state index in [0.29, 0.717) is 25.7 Å². The molecule has 3 heterocycles. The van der Waals surface area contributed by atoms with Crippen LogP contribution in [0.25, 0.3) is 0 Å². The van der Waals surface area contributed by atoms with Crippen molar-refractivity contribution in [3.05, 3.63) is 50.6 Å². The molecule has 170 valence electrons. The van der Waals surface area contributed by atoms with Crippen LogP contribution in [-0.4, -0.2) is 60.8 Å². The van der Waals surface area contributed by atoms with E-state index in [1.807, 2.05) is 0 Å². The highest BCUT2D eigenvalue weighted by molar-refractivity contribution is 5.81. The first-order chi connectivity index (χ1) is 15.0. The zero-order valence-electron chi connectivity index (χ0n) is 17.9. The fraction of sp³-hybridized carbons (Fsp3) is 0.583. The molecule has 3 aliphatic heterocycles. The van der Waals surface area contributed by atoms with Gasteiger partial charge in [0.1, 0.15) is 24.4 Å². The molecule has 0 aliphatic carbocycles. The third-order valence-corrected chi connectivity index (χ3v) is 6.12. The first-order valence-corrected chi connectivity index (χ1v) is 10.9. The van der Waals surface area contributed by atoms with Crippen molar-refractivity contribution in [2.24, 2.45) is 0 Å². The highest BCUT2D eigenvalue weighted by Gasteiger charge is 2.43. The zero-order chi connectivity index (χ0) is 22.4. The maximum absolute atomic E-state index is 11.7. The standard InChI is InChI=1S/C24H32O7/c1-5-15-17(30-23(25)7-3)9-11-21-19(27-15)13-14-20-22(29-21)12-10-18(16(6-2)28-20)31-24(26)8-4/h5-8,15-22H,1-4,9-14H2/t15-,16+,17+,18-,19+,20-,21-,22+. The lowest BCUT2D eigenvalue weighted by molar-refractivity contribution is -0.153. The third kappa shape index (κ3) is 5.73. The number of carbonyl (C=O) groups is 2. The van der Waals surface area contributed by atoms with Crippen molar-refractivity contribution in [2.75, 3.05) is 0 Å². The minimum atomic E-state index is -0.476. The third-order valence-electron chi connectivity index (χ3n) is 6.12. The molecule has 31 heavy (non-hydrogen) atoms. The van der Waals surface area contributed by atoms with Gasteiger partial charge in [0.05, 0.1) is 24.4 Å². The lowest BCUT2D eigenvalue weighted by atomic mass is 10.0. The second-order valence-electron chi connectivity index (χ2n) is 8.05. The van der Waals surface area contributed by atoms with Gasteiger partial charge in [0, 0.05) is 12.2 Å². The number of esters is 2. The molecule has 0 aromatic rings. The van der Waals surface area contributed by atoms with E-state index in [1.165, 1.54) is 0 Å². The molecule has 0 aromatic heterocycles. The Hall–Kier alpha value is -2.22. The maximum Gasteiger partial charge on any atom is 0.330 e. The van der Waals surface area contributed by atoms with E-state index in [1.54, 1.807) is 12.2 Å². The Morgan fingerprint density at radius 2 is 0.968 bits per heavy atom. The Morgan fingerprint density at radius 3 is 1.32 bits per heavy atom. The highest BCUT2D eigenvalue weighted by atomic mass is 16.6. The molecular weight excluding hydrogens is 400 g/mol. The van der Waals surface area contributed by atoms with E-state index in [-0.39, 0.29) is 24.4 Å². The topological polar surface area (TPSA) is 80.3 Å². The summed E-state index contributed by atoms with van der Waals surface area (Å²) in [6.07, 6.45) is 7.44. The smallest absolute Gasteiger partial charge is 0.330 e. The van der Waals surface area contributed by atoms with Crippen LogP contribution >= 0.6 is 0 Å². The summed E-state index contributed by atoms with van der Waals surface area (Å²) in [7, 11) is 0. The number of carbonyl (C=O) groups excluding carboxylic acids is 2. The summed E-state index contributed by atoms with van der Waals surface area (Å²) in [6.45, 7) is 14.6. The minimum Gasteiger partial charge on any atom is -0.456 e. The average molecular weight is 433 g/mol. The molecule has 3 saturated heterocycles. The van der Waals surface area contributed by atoms with Crippen LogP contribution in [0.1, 0.15) is 38.5 Å². The molecular formula is C24H32O7. The summed E-state index contributed by atoms with van der Waals surface area (Å²) in [5.41, 5.74) is 0. The number of rotatable bonds is 6. The predicted octanol–water partition coefficient (Wildman–Crippen LogP) is 3.20. The monoisotopic (exact) mass is 432 g/mol. The van der Waals surface area contributed by atoms with Gasteiger partial charge in [0.2, 0.25) is 0 Å². The van der Waals surface area contributed by atoms with Gasteiger partial charge >= 0.3 is 11.9 Å². The van der Waals surface area contributed by atoms with Crippen molar-refractivity contribution in [3.63, 3.8) is 0 Å². The van der Waals surface area contributed by atoms with Gasteiger partial charge in [-0.25, -0.2) is 9.59 Å². The lowest BCUT2D eigenvalue weighted by Crippen LogP contribution is -2.36. The largest absolute Gasteiger partial charge is 0.456 e. The van der Waals surface area contributed by atoms with Gasteiger partial charge < -0.3 is 23.7 Å². The lowest BCUT2D eigenvalue weighted by Gasteiger charge is -2.28. The summed E-state index contributed by atoms with van der Waals surface area (Å²) in [6, 6.07) is 0. The van der Waals surface area contributed by atoms with Crippen LogP contribution in [0.4, 0.5) is 0 Å². The Kier molecular flexibility index (Phi) is 8.23. The van der Waals surface area contributed by atoms with E-state index >= 15 is 0 Å². The molecule has 7 heteroatoms. The normalized spacial score (nSPS) is 37.9. The molecule has 0 spiro atoms. The molecule has 0 radical (unpaired) electrons. The number of ether oxygens (including phenoxy) is 5. The van der Waals surface area contributed by atoms with Gasteiger partial charge in [-0.1, -0.05) is 25.3 Å². The van der Waals surface area contributed by atoms with E-state index in [0.717, 1.165) is 25.0 Å². The Bertz CT molecular complexity index is 644. The van der Waals surface area contributed by atoms with E-state index in [4.69, 9.17) is 23.7 Å². The quantitative estimate of drug-likeness (QED) is 0.362. The molecule has 3 fully saturated rings. The van der Waals surface area contributed by atoms with Crippen molar-refractivity contribution < 1.29 is 33.3 Å².